The van der Waals surface area contributed by atoms with Crippen LogP contribution in [0.2, 0.25) is 0 Å². The zero-order chi connectivity index (χ0) is 16.4. The topological polar surface area (TPSA) is 65.4 Å². The summed E-state index contributed by atoms with van der Waals surface area (Å²) in [6.45, 7) is 3.65. The lowest BCUT2D eigenvalue weighted by Crippen LogP contribution is -2.53. The number of carbonyl (C=O) groups excluding carboxylic acids is 2. The van der Waals surface area contributed by atoms with Crippen LogP contribution in [0.1, 0.15) is 25.8 Å². The second-order valence-electron chi connectivity index (χ2n) is 5.31. The molecule has 1 aliphatic heterocycles. The molecule has 0 radical (unpaired) electrons. The first kappa shape index (κ1) is 16.8. The van der Waals surface area contributed by atoms with Gasteiger partial charge in [0.15, 0.2) is 0 Å². The molecule has 2 heterocycles. The maximum Gasteiger partial charge on any atom is 0.266 e. The number of carboxylic acid groups (broad SMARTS) is 1. The van der Waals surface area contributed by atoms with Crippen molar-refractivity contribution in [2.24, 2.45) is 13.0 Å². The van der Waals surface area contributed by atoms with E-state index >= 15 is 0 Å². The quantitative estimate of drug-likeness (QED) is 0.600. The van der Waals surface area contributed by atoms with Crippen molar-refractivity contribution >= 4 is 46.3 Å². The molecule has 118 valence electrons. The van der Waals surface area contributed by atoms with Crippen molar-refractivity contribution in [2.75, 3.05) is 0 Å². The molecule has 1 saturated heterocycles. The summed E-state index contributed by atoms with van der Waals surface area (Å²) in [5.74, 6) is -1.87. The summed E-state index contributed by atoms with van der Waals surface area (Å²) in [5.41, 5.74) is 0.872. The zero-order valence-corrected chi connectivity index (χ0v) is 14.2. The summed E-state index contributed by atoms with van der Waals surface area (Å²) >= 11 is 6.34. The number of aromatic nitrogens is 1. The molecule has 5 nitrogen and oxygen atoms in total. The van der Waals surface area contributed by atoms with Crippen LogP contribution in [-0.2, 0) is 16.6 Å². The molecule has 1 amide bonds. The number of hydrogen-bond acceptors (Lipinski definition) is 5. The molecule has 1 aromatic rings. The van der Waals surface area contributed by atoms with Gasteiger partial charge in [0, 0.05) is 19.4 Å². The first-order chi connectivity index (χ1) is 10.3. The Hall–Kier alpha value is -1.60. The van der Waals surface area contributed by atoms with Gasteiger partial charge in [0.1, 0.15) is 4.32 Å². The Morgan fingerprint density at radius 1 is 1.55 bits per heavy atom. The molecule has 2 rings (SSSR count). The third-order valence-electron chi connectivity index (χ3n) is 3.68. The molecule has 0 spiro atoms. The minimum Gasteiger partial charge on any atom is -0.548 e. The molecule has 22 heavy (non-hydrogen) atoms. The molecule has 1 aliphatic rings. The molecular weight excluding hydrogens is 320 g/mol. The van der Waals surface area contributed by atoms with Crippen molar-refractivity contribution in [1.82, 2.24) is 9.47 Å². The predicted octanol–water partition coefficient (Wildman–Crippen LogP) is 1.39. The number of thioether (sulfide) groups is 1. The van der Waals surface area contributed by atoms with E-state index in [-0.39, 0.29) is 16.1 Å². The fourth-order valence-electron chi connectivity index (χ4n) is 2.30. The Labute approximate surface area is 139 Å². The molecule has 7 heteroatoms. The first-order valence-corrected chi connectivity index (χ1v) is 8.17. The summed E-state index contributed by atoms with van der Waals surface area (Å²) in [6, 6.07) is 0.844. The van der Waals surface area contributed by atoms with Crippen molar-refractivity contribution in [2.45, 2.75) is 26.3 Å². The van der Waals surface area contributed by atoms with Crippen LogP contribution >= 0.6 is 24.0 Å². The lowest BCUT2D eigenvalue weighted by molar-refractivity contribution is -0.311. The highest BCUT2D eigenvalue weighted by molar-refractivity contribution is 8.26. The van der Waals surface area contributed by atoms with E-state index in [9.17, 15) is 14.7 Å². The van der Waals surface area contributed by atoms with Gasteiger partial charge in [0.05, 0.1) is 16.9 Å². The maximum absolute atomic E-state index is 12.5. The minimum atomic E-state index is -1.27. The van der Waals surface area contributed by atoms with E-state index in [1.807, 2.05) is 37.0 Å². The molecule has 0 saturated carbocycles. The number of amides is 1. The lowest BCUT2D eigenvalue weighted by atomic mass is 9.98. The fraction of sp³-hybridized carbons (Fsp3) is 0.400. The summed E-state index contributed by atoms with van der Waals surface area (Å²) < 4.78 is 2.14. The largest absolute Gasteiger partial charge is 0.548 e. The molecule has 0 aromatic carbocycles. The number of rotatable bonds is 5. The van der Waals surface area contributed by atoms with Gasteiger partial charge in [-0.15, -0.1) is 0 Å². The number of carbonyl (C=O) groups is 2. The molecule has 0 unspecified atom stereocenters. The molecule has 0 N–H and O–H groups in total. The third kappa shape index (κ3) is 3.25. The molecule has 0 aliphatic carbocycles. The van der Waals surface area contributed by atoms with E-state index in [4.69, 9.17) is 12.2 Å². The van der Waals surface area contributed by atoms with Crippen LogP contribution < -0.4 is 5.11 Å². The van der Waals surface area contributed by atoms with E-state index in [0.29, 0.717) is 11.3 Å². The van der Waals surface area contributed by atoms with Gasteiger partial charge >= 0.3 is 0 Å². The number of aliphatic carboxylic acids is 1. The average molecular weight is 337 g/mol. The summed E-state index contributed by atoms with van der Waals surface area (Å²) in [7, 11) is 1.89. The Kier molecular flexibility index (Phi) is 5.08. The van der Waals surface area contributed by atoms with Crippen LogP contribution in [0.15, 0.2) is 23.4 Å². The van der Waals surface area contributed by atoms with Gasteiger partial charge in [-0.25, -0.2) is 0 Å². The highest BCUT2D eigenvalue weighted by Gasteiger charge is 2.39. The average Bonchev–Trinajstić information content (AvgIpc) is 2.97. The normalized spacial score (nSPS) is 19.8. The van der Waals surface area contributed by atoms with Crippen molar-refractivity contribution < 1.29 is 14.7 Å². The van der Waals surface area contributed by atoms with Crippen molar-refractivity contribution in [3.63, 3.8) is 0 Å². The second-order valence-corrected chi connectivity index (χ2v) is 6.99. The third-order valence-corrected chi connectivity index (χ3v) is 5.01. The van der Waals surface area contributed by atoms with E-state index in [2.05, 4.69) is 0 Å². The molecule has 1 fully saturated rings. The highest BCUT2D eigenvalue weighted by Crippen LogP contribution is 2.35. The standard InChI is InChI=1S/C15H18N2O3S2/c1-4-9(2)12(14(19)20)17-13(18)11(22-15(17)21)7-10-5-6-16(3)8-10/h5-9,12H,4H2,1-3H3,(H,19,20)/p-1/b11-7+/t9-,12+/m0/s1. The Balaban J connectivity index is 2.32. The number of nitrogens with zero attached hydrogens (tertiary/aromatic N) is 2. The Morgan fingerprint density at radius 2 is 2.23 bits per heavy atom. The Morgan fingerprint density at radius 3 is 2.73 bits per heavy atom. The van der Waals surface area contributed by atoms with E-state index in [0.717, 1.165) is 17.3 Å². The van der Waals surface area contributed by atoms with Gasteiger partial charge in [-0.1, -0.05) is 44.2 Å². The summed E-state index contributed by atoms with van der Waals surface area (Å²) in [4.78, 5) is 25.6. The second kappa shape index (κ2) is 6.66. The van der Waals surface area contributed by atoms with Gasteiger partial charge in [0.25, 0.3) is 5.91 Å². The molecule has 0 bridgehead atoms. The number of hydrogen-bond donors (Lipinski definition) is 0. The fourth-order valence-corrected chi connectivity index (χ4v) is 3.63. The monoisotopic (exact) mass is 337 g/mol. The van der Waals surface area contributed by atoms with Crippen LogP contribution in [-0.4, -0.2) is 31.7 Å². The SMILES string of the molecule is CC[C@H](C)[C@H](C(=O)[O-])N1C(=O)/C(=C\c2ccn(C)c2)SC1=S. The van der Waals surface area contributed by atoms with Crippen molar-refractivity contribution in [3.8, 4) is 0 Å². The van der Waals surface area contributed by atoms with Gasteiger partial charge in [-0.3, -0.25) is 9.69 Å². The van der Waals surface area contributed by atoms with Gasteiger partial charge in [0.2, 0.25) is 0 Å². The molecular formula is C15H17N2O3S2-. The van der Waals surface area contributed by atoms with E-state index in [1.165, 1.54) is 4.90 Å². The number of aryl methyl sites for hydroxylation is 1. The predicted molar refractivity (Wildman–Crippen MR) is 88.7 cm³/mol. The summed E-state index contributed by atoms with van der Waals surface area (Å²) in [6.07, 6.45) is 6.09. The van der Waals surface area contributed by atoms with Crippen LogP contribution in [0.25, 0.3) is 6.08 Å². The zero-order valence-electron chi connectivity index (χ0n) is 12.6. The summed E-state index contributed by atoms with van der Waals surface area (Å²) in [5, 5.41) is 11.4. The smallest absolute Gasteiger partial charge is 0.266 e. The van der Waals surface area contributed by atoms with Gasteiger partial charge < -0.3 is 14.5 Å². The molecule has 1 aromatic heterocycles. The van der Waals surface area contributed by atoms with Crippen LogP contribution in [0.5, 0.6) is 0 Å². The van der Waals surface area contributed by atoms with Crippen molar-refractivity contribution in [3.05, 3.63) is 28.9 Å². The lowest BCUT2D eigenvalue weighted by Gasteiger charge is -2.32. The highest BCUT2D eigenvalue weighted by atomic mass is 32.2. The maximum atomic E-state index is 12.5. The van der Waals surface area contributed by atoms with Crippen molar-refractivity contribution in [1.29, 1.82) is 0 Å². The van der Waals surface area contributed by atoms with Crippen LogP contribution in [0.3, 0.4) is 0 Å². The van der Waals surface area contributed by atoms with Gasteiger partial charge in [-0.2, -0.15) is 0 Å². The van der Waals surface area contributed by atoms with E-state index in [1.54, 1.807) is 13.0 Å². The van der Waals surface area contributed by atoms with Crippen LogP contribution in [0, 0.1) is 5.92 Å². The minimum absolute atomic E-state index is 0.233. The Bertz CT molecular complexity index is 651. The number of carboxylic acids is 1. The molecule has 2 atom stereocenters. The first-order valence-electron chi connectivity index (χ1n) is 6.95. The number of thiocarbonyl (C=S) groups is 1. The van der Waals surface area contributed by atoms with Gasteiger partial charge in [-0.05, 0) is 23.6 Å². The van der Waals surface area contributed by atoms with Crippen LogP contribution in [0.4, 0.5) is 0 Å². The van der Waals surface area contributed by atoms with E-state index < -0.39 is 12.0 Å².